The number of para-hydroxylation sites is 2. The lowest BCUT2D eigenvalue weighted by molar-refractivity contribution is 0.673. The maximum atomic E-state index is 2.83. The third-order valence-corrected chi connectivity index (χ3v) is 18.5. The van der Waals surface area contributed by atoms with Gasteiger partial charge in [-0.1, -0.05) is 146 Å². The topological polar surface area (TPSA) is 18.0 Å². The van der Waals surface area contributed by atoms with Crippen LogP contribution in [0.1, 0.15) is 68.7 Å². The molecule has 0 radical (unpaired) electrons. The SMILES string of the molecule is c1ccc2c(c1)-c1ccccc1N1c3ccc4c5cc6c7cc8c9cccc%10c9n9c8c8c7n7c6c6c5n5c4c3-c3c(cccc3C5c3cccc(c3-6)C7c3cccc(c3-8)C9c3ccccc3-%10)C21. The molecule has 0 amide bonds. The minimum Gasteiger partial charge on any atom is -0.329 e. The Morgan fingerprint density at radius 2 is 0.632 bits per heavy atom. The van der Waals surface area contributed by atoms with Crippen molar-refractivity contribution in [3.63, 3.8) is 0 Å². The van der Waals surface area contributed by atoms with E-state index >= 15 is 0 Å². The van der Waals surface area contributed by atoms with E-state index in [4.69, 9.17) is 0 Å². The first-order chi connectivity index (χ1) is 33.8. The highest BCUT2D eigenvalue weighted by Crippen LogP contribution is 2.68. The molecule has 0 bridgehead atoms. The molecule has 4 nitrogen and oxygen atoms in total. The summed E-state index contributed by atoms with van der Waals surface area (Å²) in [5.74, 6) is 0. The van der Waals surface area contributed by atoms with Crippen molar-refractivity contribution in [3.05, 3.63) is 214 Å². The van der Waals surface area contributed by atoms with Crippen LogP contribution in [-0.2, 0) is 0 Å². The highest BCUT2D eigenvalue weighted by Gasteiger charge is 2.50. The van der Waals surface area contributed by atoms with Crippen LogP contribution in [0.5, 0.6) is 0 Å². The van der Waals surface area contributed by atoms with Crippen molar-refractivity contribution in [2.45, 2.75) is 24.2 Å². The number of anilines is 2. The van der Waals surface area contributed by atoms with E-state index in [0.717, 1.165) is 0 Å². The second kappa shape index (κ2) is 9.90. The maximum Gasteiger partial charge on any atom is 0.0858 e. The fraction of sp³-hybridized carbons (Fsp3) is 0.0625. The normalized spacial score (nSPS) is 19.4. The maximum absolute atomic E-state index is 2.83. The number of fused-ring (bicyclic) bond motifs is 19. The minimum absolute atomic E-state index is 0.0480. The quantitative estimate of drug-likeness (QED) is 0.149. The van der Waals surface area contributed by atoms with Crippen LogP contribution in [0.3, 0.4) is 0 Å². The Morgan fingerprint density at radius 1 is 0.235 bits per heavy atom. The van der Waals surface area contributed by atoms with Crippen molar-refractivity contribution in [2.24, 2.45) is 0 Å². The zero-order valence-electron chi connectivity index (χ0n) is 36.3. The van der Waals surface area contributed by atoms with E-state index < -0.39 is 0 Å². The van der Waals surface area contributed by atoms with Gasteiger partial charge in [-0.3, -0.25) is 0 Å². The van der Waals surface area contributed by atoms with E-state index in [9.17, 15) is 0 Å². The molecule has 0 aliphatic carbocycles. The molecular formula is C64H32N4. The van der Waals surface area contributed by atoms with Crippen LogP contribution in [0, 0.1) is 0 Å². The van der Waals surface area contributed by atoms with Crippen LogP contribution in [0.15, 0.2) is 170 Å². The lowest BCUT2D eigenvalue weighted by atomic mass is 9.72. The molecule has 308 valence electrons. The third-order valence-electron chi connectivity index (χ3n) is 18.5. The van der Waals surface area contributed by atoms with E-state index in [-0.39, 0.29) is 24.2 Å². The van der Waals surface area contributed by atoms with Crippen LogP contribution >= 0.6 is 0 Å². The summed E-state index contributed by atoms with van der Waals surface area (Å²) in [6.45, 7) is 0. The highest BCUT2D eigenvalue weighted by atomic mass is 15.2. The fourth-order valence-corrected chi connectivity index (χ4v) is 16.5. The summed E-state index contributed by atoms with van der Waals surface area (Å²) in [6.07, 6.45) is 0. The zero-order valence-corrected chi connectivity index (χ0v) is 36.3. The summed E-state index contributed by atoms with van der Waals surface area (Å²) < 4.78 is 8.40. The smallest absolute Gasteiger partial charge is 0.0858 e. The van der Waals surface area contributed by atoms with Gasteiger partial charge in [-0.2, -0.15) is 0 Å². The molecule has 0 fully saturated rings. The molecule has 4 heteroatoms. The molecule has 10 aromatic carbocycles. The molecule has 4 unspecified atom stereocenters. The number of hydrogen-bond acceptors (Lipinski definition) is 1. The summed E-state index contributed by atoms with van der Waals surface area (Å²) in [4.78, 5) is 2.68. The van der Waals surface area contributed by atoms with Crippen LogP contribution in [0.4, 0.5) is 11.4 Å². The van der Waals surface area contributed by atoms with Gasteiger partial charge in [0, 0.05) is 65.8 Å². The molecule has 0 spiro atoms. The average molecular weight is 857 g/mol. The first-order valence-corrected chi connectivity index (χ1v) is 24.4. The van der Waals surface area contributed by atoms with E-state index in [1.54, 1.807) is 0 Å². The molecule has 4 atom stereocenters. The Kier molecular flexibility index (Phi) is 4.68. The van der Waals surface area contributed by atoms with Gasteiger partial charge in [0.1, 0.15) is 0 Å². The molecule has 11 heterocycles. The standard InChI is InChI=1S/C64H32N4/c1-3-14-32-29(11-1)31-13-5-6-24-47(31)65-48-26-25-36-44-28-46-45-27-43-35-17-7-16-34-30-12-2-4-15-33(30)57-39-20-9-21-40-50(39)53(61(43)66(57)55(34)35)63(45)68-59(40)42-23-10-22-41-51(42)54(64(46)68)62(44)67-58(41)38-19-8-18-37(56(32)65)49(38)52(48)60(36)67/h1-28,56-59H. The summed E-state index contributed by atoms with van der Waals surface area (Å²) in [7, 11) is 0. The minimum atomic E-state index is 0.0480. The highest BCUT2D eigenvalue weighted by molar-refractivity contribution is 6.34. The number of hydrogen-bond donors (Lipinski definition) is 0. The van der Waals surface area contributed by atoms with E-state index in [1.165, 1.54) is 177 Å². The van der Waals surface area contributed by atoms with Crippen molar-refractivity contribution in [3.8, 4) is 55.6 Å². The molecule has 21 rings (SSSR count). The van der Waals surface area contributed by atoms with Crippen LogP contribution in [-0.4, -0.2) is 13.7 Å². The molecule has 0 saturated carbocycles. The molecule has 8 aliphatic heterocycles. The monoisotopic (exact) mass is 856 g/mol. The molecular weight excluding hydrogens is 825 g/mol. The van der Waals surface area contributed by atoms with E-state index in [2.05, 4.69) is 188 Å². The van der Waals surface area contributed by atoms with Gasteiger partial charge in [0.25, 0.3) is 0 Å². The van der Waals surface area contributed by atoms with Crippen molar-refractivity contribution in [1.29, 1.82) is 0 Å². The van der Waals surface area contributed by atoms with Crippen LogP contribution < -0.4 is 4.90 Å². The van der Waals surface area contributed by atoms with E-state index in [0.29, 0.717) is 0 Å². The molecule has 68 heavy (non-hydrogen) atoms. The summed E-state index contributed by atoms with van der Waals surface area (Å²) in [6, 6.07) is 67.0. The van der Waals surface area contributed by atoms with Crippen LogP contribution in [0.25, 0.3) is 121 Å². The Labute approximate surface area is 387 Å². The van der Waals surface area contributed by atoms with Gasteiger partial charge in [-0.05, 0) is 96.6 Å². The summed E-state index contributed by atoms with van der Waals surface area (Å²) in [5, 5.41) is 8.24. The number of benzene rings is 10. The van der Waals surface area contributed by atoms with Gasteiger partial charge in [0.2, 0.25) is 0 Å². The predicted octanol–water partition coefficient (Wildman–Crippen LogP) is 15.7. The average Bonchev–Trinajstić information content (AvgIpc) is 4.04. The second-order valence-electron chi connectivity index (χ2n) is 20.9. The number of rotatable bonds is 0. The van der Waals surface area contributed by atoms with Crippen molar-refractivity contribution < 1.29 is 0 Å². The van der Waals surface area contributed by atoms with Gasteiger partial charge in [-0.25, -0.2) is 0 Å². The molecule has 3 aromatic heterocycles. The van der Waals surface area contributed by atoms with Gasteiger partial charge < -0.3 is 18.6 Å². The lowest BCUT2D eigenvalue weighted by Crippen LogP contribution is -2.34. The second-order valence-corrected chi connectivity index (χ2v) is 20.9. The van der Waals surface area contributed by atoms with Gasteiger partial charge >= 0.3 is 0 Å². The Bertz CT molecular complexity index is 4840. The summed E-state index contributed by atoms with van der Waals surface area (Å²) >= 11 is 0. The van der Waals surface area contributed by atoms with Crippen molar-refractivity contribution >= 4 is 76.8 Å². The third kappa shape index (κ3) is 2.94. The van der Waals surface area contributed by atoms with Gasteiger partial charge in [0.05, 0.1) is 63.0 Å². The number of aromatic nitrogens is 3. The van der Waals surface area contributed by atoms with Gasteiger partial charge in [-0.15, -0.1) is 0 Å². The van der Waals surface area contributed by atoms with Crippen LogP contribution in [0.2, 0.25) is 0 Å². The Hall–Kier alpha value is -8.60. The first-order valence-electron chi connectivity index (χ1n) is 24.4. The van der Waals surface area contributed by atoms with Crippen molar-refractivity contribution in [2.75, 3.05) is 4.90 Å². The predicted molar refractivity (Wildman–Crippen MR) is 275 cm³/mol. The Morgan fingerprint density at radius 3 is 1.25 bits per heavy atom. The lowest BCUT2D eigenvalue weighted by Gasteiger charge is -2.48. The Balaban J connectivity index is 0.984. The van der Waals surface area contributed by atoms with E-state index in [1.807, 2.05) is 0 Å². The molecule has 13 aromatic rings. The fourth-order valence-electron chi connectivity index (χ4n) is 16.5. The molecule has 8 aliphatic rings. The summed E-state index contributed by atoms with van der Waals surface area (Å²) in [5.41, 5.74) is 36.3. The molecule has 0 saturated heterocycles. The van der Waals surface area contributed by atoms with Crippen molar-refractivity contribution in [1.82, 2.24) is 13.7 Å². The zero-order chi connectivity index (χ0) is 42.9. The van der Waals surface area contributed by atoms with Gasteiger partial charge in [0.15, 0.2) is 0 Å². The number of nitrogens with zero attached hydrogens (tertiary/aromatic N) is 4. The largest absolute Gasteiger partial charge is 0.329 e. The molecule has 0 N–H and O–H groups in total. The first kappa shape index (κ1) is 32.1.